The SMILES string of the molecule is Nc1ccsc1CNc1c(Cl)ccc2nsnc12. The van der Waals surface area contributed by atoms with Gasteiger partial charge in [-0.1, -0.05) is 11.6 Å². The van der Waals surface area contributed by atoms with Crippen molar-refractivity contribution in [2.45, 2.75) is 6.54 Å². The molecule has 2 aromatic heterocycles. The van der Waals surface area contributed by atoms with Crippen LogP contribution in [0, 0.1) is 0 Å². The smallest absolute Gasteiger partial charge is 0.129 e. The number of nitrogens with zero attached hydrogens (tertiary/aromatic N) is 2. The van der Waals surface area contributed by atoms with Crippen LogP contribution >= 0.6 is 34.7 Å². The van der Waals surface area contributed by atoms with Crippen molar-refractivity contribution in [3.05, 3.63) is 33.5 Å². The van der Waals surface area contributed by atoms with Gasteiger partial charge in [0.1, 0.15) is 11.0 Å². The number of benzene rings is 1. The summed E-state index contributed by atoms with van der Waals surface area (Å²) in [5, 5.41) is 5.90. The summed E-state index contributed by atoms with van der Waals surface area (Å²) < 4.78 is 8.45. The summed E-state index contributed by atoms with van der Waals surface area (Å²) in [7, 11) is 0. The topological polar surface area (TPSA) is 63.8 Å². The van der Waals surface area contributed by atoms with Crippen LogP contribution in [0.4, 0.5) is 11.4 Å². The summed E-state index contributed by atoms with van der Waals surface area (Å²) in [6.45, 7) is 0.639. The van der Waals surface area contributed by atoms with Gasteiger partial charge >= 0.3 is 0 Å². The van der Waals surface area contributed by atoms with E-state index in [1.165, 1.54) is 11.7 Å². The molecule has 0 aliphatic rings. The van der Waals surface area contributed by atoms with Crippen LogP contribution in [-0.4, -0.2) is 8.75 Å². The quantitative estimate of drug-likeness (QED) is 0.775. The summed E-state index contributed by atoms with van der Waals surface area (Å²) in [6.07, 6.45) is 0. The zero-order valence-corrected chi connectivity index (χ0v) is 11.6. The molecule has 3 rings (SSSR count). The van der Waals surface area contributed by atoms with E-state index in [9.17, 15) is 0 Å². The molecule has 2 heterocycles. The lowest BCUT2D eigenvalue weighted by Gasteiger charge is -2.08. The highest BCUT2D eigenvalue weighted by Gasteiger charge is 2.10. The highest BCUT2D eigenvalue weighted by molar-refractivity contribution is 7.10. The van der Waals surface area contributed by atoms with Gasteiger partial charge in [0.15, 0.2) is 0 Å². The number of hydrogen-bond acceptors (Lipinski definition) is 6. The summed E-state index contributed by atoms with van der Waals surface area (Å²) in [4.78, 5) is 1.09. The van der Waals surface area contributed by atoms with Gasteiger partial charge in [-0.3, -0.25) is 0 Å². The molecule has 0 atom stereocenters. The standard InChI is InChI=1S/C11H9ClN4S2/c12-6-1-2-8-11(16-18-15-8)10(6)14-5-9-7(13)3-4-17-9/h1-4,14H,5,13H2. The highest BCUT2D eigenvalue weighted by Crippen LogP contribution is 2.31. The molecule has 0 fully saturated rings. The van der Waals surface area contributed by atoms with Crippen molar-refractivity contribution in [3.8, 4) is 0 Å². The van der Waals surface area contributed by atoms with Crippen molar-refractivity contribution >= 4 is 57.1 Å². The molecule has 0 spiro atoms. The molecule has 0 saturated heterocycles. The normalized spacial score (nSPS) is 10.9. The Morgan fingerprint density at radius 3 is 2.94 bits per heavy atom. The molecule has 1 aromatic carbocycles. The molecular formula is C11H9ClN4S2. The first-order valence-electron chi connectivity index (χ1n) is 5.22. The Bertz CT molecular complexity index is 691. The van der Waals surface area contributed by atoms with Gasteiger partial charge in [0.05, 0.1) is 29.0 Å². The Hall–Kier alpha value is -1.37. The van der Waals surface area contributed by atoms with Gasteiger partial charge in [0.25, 0.3) is 0 Å². The third-order valence-corrected chi connectivity index (χ3v) is 4.38. The van der Waals surface area contributed by atoms with Crippen LogP contribution in [0.3, 0.4) is 0 Å². The zero-order valence-electron chi connectivity index (χ0n) is 9.18. The molecule has 4 nitrogen and oxygen atoms in total. The van der Waals surface area contributed by atoms with Gasteiger partial charge < -0.3 is 11.1 Å². The number of nitrogens with two attached hydrogens (primary N) is 1. The van der Waals surface area contributed by atoms with Crippen molar-refractivity contribution in [1.82, 2.24) is 8.75 Å². The van der Waals surface area contributed by atoms with Gasteiger partial charge in [-0.25, -0.2) is 0 Å². The van der Waals surface area contributed by atoms with E-state index in [1.54, 1.807) is 11.3 Å². The van der Waals surface area contributed by atoms with E-state index in [2.05, 4.69) is 14.1 Å². The number of fused-ring (bicyclic) bond motifs is 1. The van der Waals surface area contributed by atoms with E-state index in [4.69, 9.17) is 17.3 Å². The second kappa shape index (κ2) is 4.72. The van der Waals surface area contributed by atoms with Crippen LogP contribution < -0.4 is 11.1 Å². The summed E-state index contributed by atoms with van der Waals surface area (Å²) in [6, 6.07) is 5.59. The molecule has 3 N–H and O–H groups in total. The molecule has 92 valence electrons. The second-order valence-electron chi connectivity index (χ2n) is 3.71. The Morgan fingerprint density at radius 1 is 1.28 bits per heavy atom. The van der Waals surface area contributed by atoms with Crippen LogP contribution in [0.25, 0.3) is 11.0 Å². The number of anilines is 2. The van der Waals surface area contributed by atoms with Crippen molar-refractivity contribution in [2.24, 2.45) is 0 Å². The first kappa shape index (κ1) is 11.7. The number of thiophene rings is 1. The Labute approximate surface area is 117 Å². The summed E-state index contributed by atoms with van der Waals surface area (Å²) in [5.74, 6) is 0. The molecule has 0 bridgehead atoms. The van der Waals surface area contributed by atoms with E-state index in [-0.39, 0.29) is 0 Å². The lowest BCUT2D eigenvalue weighted by molar-refractivity contribution is 1.20. The Balaban J connectivity index is 1.92. The number of rotatable bonds is 3. The number of nitrogen functional groups attached to an aromatic ring is 1. The maximum atomic E-state index is 6.19. The van der Waals surface area contributed by atoms with Crippen LogP contribution in [0.5, 0.6) is 0 Å². The lowest BCUT2D eigenvalue weighted by Crippen LogP contribution is -2.01. The molecule has 0 amide bonds. The molecule has 0 aliphatic carbocycles. The fraction of sp³-hybridized carbons (Fsp3) is 0.0909. The maximum Gasteiger partial charge on any atom is 0.129 e. The molecule has 18 heavy (non-hydrogen) atoms. The minimum atomic E-state index is 0.639. The van der Waals surface area contributed by atoms with E-state index in [0.717, 1.165) is 27.3 Å². The number of hydrogen-bond donors (Lipinski definition) is 2. The van der Waals surface area contributed by atoms with Gasteiger partial charge in [-0.05, 0) is 23.6 Å². The predicted octanol–water partition coefficient (Wildman–Crippen LogP) is 3.60. The maximum absolute atomic E-state index is 6.19. The minimum Gasteiger partial charge on any atom is -0.398 e. The van der Waals surface area contributed by atoms with Crippen molar-refractivity contribution < 1.29 is 0 Å². The van der Waals surface area contributed by atoms with E-state index >= 15 is 0 Å². The summed E-state index contributed by atoms with van der Waals surface area (Å²) in [5.41, 5.74) is 9.12. The van der Waals surface area contributed by atoms with Crippen LogP contribution in [0.1, 0.15) is 4.88 Å². The zero-order chi connectivity index (χ0) is 12.5. The first-order chi connectivity index (χ1) is 8.75. The minimum absolute atomic E-state index is 0.639. The highest BCUT2D eigenvalue weighted by atomic mass is 35.5. The van der Waals surface area contributed by atoms with E-state index in [0.29, 0.717) is 11.6 Å². The fourth-order valence-electron chi connectivity index (χ4n) is 1.66. The molecule has 0 aliphatic heterocycles. The Morgan fingerprint density at radius 2 is 2.17 bits per heavy atom. The Kier molecular flexibility index (Phi) is 3.07. The van der Waals surface area contributed by atoms with E-state index in [1.807, 2.05) is 23.6 Å². The van der Waals surface area contributed by atoms with Crippen LogP contribution in [0.15, 0.2) is 23.6 Å². The molecule has 7 heteroatoms. The second-order valence-corrected chi connectivity index (χ2v) is 5.64. The molecule has 0 saturated carbocycles. The fourth-order valence-corrected chi connectivity index (χ4v) is 3.16. The van der Waals surface area contributed by atoms with Gasteiger partial charge in [0, 0.05) is 10.6 Å². The summed E-state index contributed by atoms with van der Waals surface area (Å²) >= 11 is 8.99. The molecule has 0 unspecified atom stereocenters. The van der Waals surface area contributed by atoms with Crippen LogP contribution in [-0.2, 0) is 6.54 Å². The molecule has 3 aromatic rings. The van der Waals surface area contributed by atoms with Crippen molar-refractivity contribution in [1.29, 1.82) is 0 Å². The average Bonchev–Trinajstić information content (AvgIpc) is 2.97. The largest absolute Gasteiger partial charge is 0.398 e. The predicted molar refractivity (Wildman–Crippen MR) is 78.5 cm³/mol. The van der Waals surface area contributed by atoms with Crippen molar-refractivity contribution in [2.75, 3.05) is 11.1 Å². The lowest BCUT2D eigenvalue weighted by atomic mass is 10.2. The molecule has 0 radical (unpaired) electrons. The third kappa shape index (κ3) is 2.03. The number of aromatic nitrogens is 2. The third-order valence-electron chi connectivity index (χ3n) is 2.58. The van der Waals surface area contributed by atoms with Crippen LogP contribution in [0.2, 0.25) is 5.02 Å². The molecular weight excluding hydrogens is 288 g/mol. The first-order valence-corrected chi connectivity index (χ1v) is 7.21. The van der Waals surface area contributed by atoms with Crippen molar-refractivity contribution in [3.63, 3.8) is 0 Å². The number of halogens is 1. The monoisotopic (exact) mass is 296 g/mol. The number of nitrogens with one attached hydrogen (secondary N) is 1. The van der Waals surface area contributed by atoms with E-state index < -0.39 is 0 Å². The van der Waals surface area contributed by atoms with Gasteiger partial charge in [0.2, 0.25) is 0 Å². The van der Waals surface area contributed by atoms with Gasteiger partial charge in [-0.2, -0.15) is 8.75 Å². The van der Waals surface area contributed by atoms with Gasteiger partial charge in [-0.15, -0.1) is 11.3 Å². The average molecular weight is 297 g/mol.